The van der Waals surface area contributed by atoms with E-state index in [4.69, 9.17) is 0 Å². The van der Waals surface area contributed by atoms with Crippen LogP contribution in [0.25, 0.3) is 5.69 Å². The Kier molecular flexibility index (Phi) is 2.46. The summed E-state index contributed by atoms with van der Waals surface area (Å²) in [7, 11) is 0. The summed E-state index contributed by atoms with van der Waals surface area (Å²) in [5.74, 6) is 0.336. The number of hydrogen-bond donors (Lipinski definition) is 1. The SMILES string of the molecule is CC(C)c1cn(-c2ccccc2)c(=O)[nH]1. The summed E-state index contributed by atoms with van der Waals surface area (Å²) in [6.07, 6.45) is 1.86. The van der Waals surface area contributed by atoms with E-state index in [0.717, 1.165) is 11.4 Å². The quantitative estimate of drug-likeness (QED) is 0.797. The van der Waals surface area contributed by atoms with Crippen molar-refractivity contribution in [3.05, 3.63) is 52.7 Å². The smallest absolute Gasteiger partial charge is 0.309 e. The summed E-state index contributed by atoms with van der Waals surface area (Å²) in [6, 6.07) is 9.61. The Morgan fingerprint density at radius 3 is 2.40 bits per heavy atom. The molecule has 0 bridgehead atoms. The van der Waals surface area contributed by atoms with Gasteiger partial charge in [0, 0.05) is 11.9 Å². The molecule has 0 saturated heterocycles. The lowest BCUT2D eigenvalue weighted by atomic mass is 10.2. The van der Waals surface area contributed by atoms with Crippen molar-refractivity contribution in [1.29, 1.82) is 0 Å². The zero-order valence-corrected chi connectivity index (χ0v) is 8.90. The minimum absolute atomic E-state index is 0.0788. The summed E-state index contributed by atoms with van der Waals surface area (Å²) < 4.78 is 1.63. The minimum Gasteiger partial charge on any atom is -0.309 e. The van der Waals surface area contributed by atoms with Crippen LogP contribution in [0.2, 0.25) is 0 Å². The molecule has 0 fully saturated rings. The Morgan fingerprint density at radius 1 is 1.20 bits per heavy atom. The summed E-state index contributed by atoms with van der Waals surface area (Å²) in [4.78, 5) is 14.5. The summed E-state index contributed by atoms with van der Waals surface area (Å²) in [6.45, 7) is 4.11. The average Bonchev–Trinajstić information content (AvgIpc) is 2.62. The van der Waals surface area contributed by atoms with Gasteiger partial charge in [0.2, 0.25) is 0 Å². The van der Waals surface area contributed by atoms with Crippen LogP contribution < -0.4 is 5.69 Å². The Labute approximate surface area is 88.4 Å². The number of imidazole rings is 1. The Hall–Kier alpha value is -1.77. The minimum atomic E-state index is -0.0788. The first-order valence-corrected chi connectivity index (χ1v) is 5.05. The summed E-state index contributed by atoms with van der Waals surface area (Å²) >= 11 is 0. The molecule has 0 aliphatic rings. The van der Waals surface area contributed by atoms with Crippen molar-refractivity contribution in [2.24, 2.45) is 0 Å². The second-order valence-electron chi connectivity index (χ2n) is 3.87. The monoisotopic (exact) mass is 202 g/mol. The van der Waals surface area contributed by atoms with Crippen LogP contribution in [0.4, 0.5) is 0 Å². The third-order valence-electron chi connectivity index (χ3n) is 2.39. The molecule has 15 heavy (non-hydrogen) atoms. The fourth-order valence-corrected chi connectivity index (χ4v) is 1.49. The van der Waals surface area contributed by atoms with Crippen molar-refractivity contribution in [3.63, 3.8) is 0 Å². The zero-order chi connectivity index (χ0) is 10.8. The first-order chi connectivity index (χ1) is 7.18. The largest absolute Gasteiger partial charge is 0.330 e. The fraction of sp³-hybridized carbons (Fsp3) is 0.250. The van der Waals surface area contributed by atoms with Crippen LogP contribution in [0.15, 0.2) is 41.3 Å². The number of H-pyrrole nitrogens is 1. The first kappa shape index (κ1) is 9.77. The van der Waals surface area contributed by atoms with Gasteiger partial charge in [-0.2, -0.15) is 0 Å². The molecule has 3 heteroatoms. The van der Waals surface area contributed by atoms with E-state index < -0.39 is 0 Å². The van der Waals surface area contributed by atoms with Crippen molar-refractivity contribution < 1.29 is 0 Å². The number of rotatable bonds is 2. The van der Waals surface area contributed by atoms with E-state index in [-0.39, 0.29) is 5.69 Å². The van der Waals surface area contributed by atoms with E-state index >= 15 is 0 Å². The molecular weight excluding hydrogens is 188 g/mol. The molecule has 0 spiro atoms. The molecular formula is C12H14N2O. The molecule has 0 saturated carbocycles. The normalized spacial score (nSPS) is 10.9. The van der Waals surface area contributed by atoms with Gasteiger partial charge >= 0.3 is 5.69 Å². The second-order valence-corrected chi connectivity index (χ2v) is 3.87. The molecule has 0 aliphatic carbocycles. The molecule has 78 valence electrons. The van der Waals surface area contributed by atoms with Crippen LogP contribution in [0.1, 0.15) is 25.5 Å². The number of para-hydroxylation sites is 1. The highest BCUT2D eigenvalue weighted by Gasteiger charge is 2.06. The summed E-state index contributed by atoms with van der Waals surface area (Å²) in [5.41, 5.74) is 1.78. The first-order valence-electron chi connectivity index (χ1n) is 5.05. The number of nitrogens with zero attached hydrogens (tertiary/aromatic N) is 1. The van der Waals surface area contributed by atoms with E-state index in [9.17, 15) is 4.79 Å². The van der Waals surface area contributed by atoms with Crippen molar-refractivity contribution in [2.75, 3.05) is 0 Å². The number of nitrogens with one attached hydrogen (secondary N) is 1. The molecule has 0 radical (unpaired) electrons. The van der Waals surface area contributed by atoms with Gasteiger partial charge in [-0.05, 0) is 18.1 Å². The van der Waals surface area contributed by atoms with Crippen LogP contribution in [-0.2, 0) is 0 Å². The van der Waals surface area contributed by atoms with E-state index in [1.165, 1.54) is 0 Å². The maximum absolute atomic E-state index is 11.7. The van der Waals surface area contributed by atoms with Crippen LogP contribution in [-0.4, -0.2) is 9.55 Å². The Balaban J connectivity index is 2.50. The fourth-order valence-electron chi connectivity index (χ4n) is 1.49. The highest BCUT2D eigenvalue weighted by Crippen LogP contribution is 2.11. The molecule has 1 heterocycles. The van der Waals surface area contributed by atoms with E-state index in [1.54, 1.807) is 4.57 Å². The zero-order valence-electron chi connectivity index (χ0n) is 8.90. The van der Waals surface area contributed by atoms with Crippen LogP contribution in [0, 0.1) is 0 Å². The standard InChI is InChI=1S/C12H14N2O/c1-9(2)11-8-14(12(15)13-11)10-6-4-3-5-7-10/h3-9H,1-2H3,(H,13,15). The van der Waals surface area contributed by atoms with Crippen molar-refractivity contribution >= 4 is 0 Å². The highest BCUT2D eigenvalue weighted by molar-refractivity contribution is 5.31. The van der Waals surface area contributed by atoms with Gasteiger partial charge in [0.05, 0.1) is 5.69 Å². The van der Waals surface area contributed by atoms with Crippen LogP contribution in [0.3, 0.4) is 0 Å². The third kappa shape index (κ3) is 1.86. The molecule has 1 aromatic heterocycles. The van der Waals surface area contributed by atoms with Gasteiger partial charge < -0.3 is 4.98 Å². The molecule has 0 aliphatic heterocycles. The van der Waals surface area contributed by atoms with Gasteiger partial charge in [0.25, 0.3) is 0 Å². The molecule has 0 unspecified atom stereocenters. The third-order valence-corrected chi connectivity index (χ3v) is 2.39. The van der Waals surface area contributed by atoms with Gasteiger partial charge in [0.1, 0.15) is 0 Å². The van der Waals surface area contributed by atoms with Crippen molar-refractivity contribution in [1.82, 2.24) is 9.55 Å². The highest BCUT2D eigenvalue weighted by atomic mass is 16.1. The molecule has 2 rings (SSSR count). The maximum Gasteiger partial charge on any atom is 0.330 e. The molecule has 2 aromatic rings. The number of benzene rings is 1. The van der Waals surface area contributed by atoms with E-state index in [1.807, 2.05) is 36.5 Å². The Bertz CT molecular complexity index is 494. The topological polar surface area (TPSA) is 37.8 Å². The molecule has 0 amide bonds. The van der Waals surface area contributed by atoms with Crippen molar-refractivity contribution in [3.8, 4) is 5.69 Å². The van der Waals surface area contributed by atoms with E-state index in [2.05, 4.69) is 18.8 Å². The van der Waals surface area contributed by atoms with Gasteiger partial charge in [-0.1, -0.05) is 32.0 Å². The summed E-state index contributed by atoms with van der Waals surface area (Å²) in [5, 5.41) is 0. The lowest BCUT2D eigenvalue weighted by Gasteiger charge is -2.00. The van der Waals surface area contributed by atoms with Gasteiger partial charge in [0.15, 0.2) is 0 Å². The van der Waals surface area contributed by atoms with Crippen LogP contribution in [0.5, 0.6) is 0 Å². The molecule has 1 N–H and O–H groups in total. The molecule has 1 aromatic carbocycles. The molecule has 0 atom stereocenters. The predicted molar refractivity (Wildman–Crippen MR) is 60.5 cm³/mol. The van der Waals surface area contributed by atoms with Gasteiger partial charge in [-0.3, -0.25) is 4.57 Å². The Morgan fingerprint density at radius 2 is 1.87 bits per heavy atom. The van der Waals surface area contributed by atoms with Crippen LogP contribution >= 0.6 is 0 Å². The van der Waals surface area contributed by atoms with Gasteiger partial charge in [-0.15, -0.1) is 0 Å². The lowest BCUT2D eigenvalue weighted by Crippen LogP contribution is -2.13. The van der Waals surface area contributed by atoms with Gasteiger partial charge in [-0.25, -0.2) is 4.79 Å². The number of aromatic nitrogens is 2. The number of aromatic amines is 1. The predicted octanol–water partition coefficient (Wildman–Crippen LogP) is 2.29. The maximum atomic E-state index is 11.7. The van der Waals surface area contributed by atoms with Crippen molar-refractivity contribution in [2.45, 2.75) is 19.8 Å². The second kappa shape index (κ2) is 3.77. The van der Waals surface area contributed by atoms with E-state index in [0.29, 0.717) is 5.92 Å². The lowest BCUT2D eigenvalue weighted by molar-refractivity contribution is 0.829. The average molecular weight is 202 g/mol. The number of hydrogen-bond acceptors (Lipinski definition) is 1. The molecule has 3 nitrogen and oxygen atoms in total.